The molecule has 0 bridgehead atoms. The van der Waals surface area contributed by atoms with Crippen LogP contribution < -0.4 is 5.73 Å². The van der Waals surface area contributed by atoms with Crippen LogP contribution in [0.5, 0.6) is 5.75 Å². The summed E-state index contributed by atoms with van der Waals surface area (Å²) in [5.41, 5.74) is 5.16. The summed E-state index contributed by atoms with van der Waals surface area (Å²) in [6.07, 6.45) is 0. The van der Waals surface area contributed by atoms with Crippen LogP contribution >= 0.6 is 12.0 Å². The van der Waals surface area contributed by atoms with Crippen LogP contribution in [-0.4, -0.2) is 21.4 Å². The Balaban J connectivity index is 3.10. The van der Waals surface area contributed by atoms with Gasteiger partial charge in [0.2, 0.25) is 0 Å². The van der Waals surface area contributed by atoms with E-state index in [-0.39, 0.29) is 16.1 Å². The number of carboxylic acids is 1. The Bertz CT molecular complexity index is 382. The molecule has 15 heavy (non-hydrogen) atoms. The Hall–Kier alpha value is -1.48. The van der Waals surface area contributed by atoms with Crippen LogP contribution in [0.4, 0.5) is 5.69 Å². The monoisotopic (exact) mass is 233 g/mol. The molecule has 0 aliphatic carbocycles. The number of hydrogen-bond donors (Lipinski definition) is 4. The Morgan fingerprint density at radius 2 is 2.13 bits per heavy atom. The van der Waals surface area contributed by atoms with Crippen molar-refractivity contribution in [2.75, 3.05) is 5.73 Å². The van der Waals surface area contributed by atoms with Crippen LogP contribution in [-0.2, 0) is 9.37 Å². The lowest BCUT2D eigenvalue weighted by Gasteiger charge is -2.06. The third kappa shape index (κ3) is 2.73. The number of benzene rings is 1. The summed E-state index contributed by atoms with van der Waals surface area (Å²) in [5.74, 6) is -1.84. The highest BCUT2D eigenvalue weighted by molar-refractivity contribution is 7.94. The van der Waals surface area contributed by atoms with Crippen LogP contribution in [0.2, 0.25) is 0 Å². The second-order valence-electron chi connectivity index (χ2n) is 2.45. The number of anilines is 1. The molecule has 0 saturated heterocycles. The fourth-order valence-corrected chi connectivity index (χ4v) is 1.38. The van der Waals surface area contributed by atoms with Crippen LogP contribution in [0.3, 0.4) is 0 Å². The summed E-state index contributed by atoms with van der Waals surface area (Å²) < 4.78 is 4.05. The van der Waals surface area contributed by atoms with Crippen molar-refractivity contribution in [3.8, 4) is 5.75 Å². The molecule has 0 aliphatic heterocycles. The lowest BCUT2D eigenvalue weighted by molar-refractivity contribution is -0.432. The highest BCUT2D eigenvalue weighted by Gasteiger charge is 2.16. The largest absolute Gasteiger partial charge is 0.506 e. The number of phenols is 1. The van der Waals surface area contributed by atoms with E-state index in [4.69, 9.17) is 16.1 Å². The molecule has 0 heterocycles. The molecule has 0 aromatic heterocycles. The van der Waals surface area contributed by atoms with Gasteiger partial charge in [0.25, 0.3) is 0 Å². The van der Waals surface area contributed by atoms with E-state index in [1.54, 1.807) is 0 Å². The van der Waals surface area contributed by atoms with E-state index in [9.17, 15) is 9.90 Å². The molecule has 0 saturated carbocycles. The molecule has 1 aromatic carbocycles. The first-order chi connectivity index (χ1) is 7.06. The average Bonchev–Trinajstić information content (AvgIpc) is 2.18. The van der Waals surface area contributed by atoms with Gasteiger partial charge < -0.3 is 15.9 Å². The van der Waals surface area contributed by atoms with Crippen molar-refractivity contribution in [2.45, 2.75) is 4.90 Å². The first-order valence-corrected chi connectivity index (χ1v) is 4.31. The topological polar surface area (TPSA) is 122 Å². The fourth-order valence-electron chi connectivity index (χ4n) is 0.908. The highest BCUT2D eigenvalue weighted by atomic mass is 32.2. The second-order valence-corrected chi connectivity index (χ2v) is 3.19. The summed E-state index contributed by atoms with van der Waals surface area (Å²) in [6, 6.07) is 2.37. The summed E-state index contributed by atoms with van der Waals surface area (Å²) in [4.78, 5) is 10.7. The van der Waals surface area contributed by atoms with Gasteiger partial charge in [0, 0.05) is 5.69 Å². The van der Waals surface area contributed by atoms with Gasteiger partial charge in [0.05, 0.1) is 16.9 Å². The quantitative estimate of drug-likeness (QED) is 0.200. The predicted molar refractivity (Wildman–Crippen MR) is 50.1 cm³/mol. The number of carboxylic acid groups (broad SMARTS) is 1. The Labute approximate surface area is 88.1 Å². The predicted octanol–water partition coefficient (Wildman–Crippen LogP) is 1.10. The van der Waals surface area contributed by atoms with Crippen molar-refractivity contribution < 1.29 is 29.6 Å². The number of hydrogen-bond acceptors (Lipinski definition) is 7. The summed E-state index contributed by atoms with van der Waals surface area (Å²) in [7, 11) is 0. The molecule has 7 nitrogen and oxygen atoms in total. The Kier molecular flexibility index (Phi) is 3.74. The SMILES string of the molecule is Nc1cc(SOOO)c(O)c(C(=O)O)c1. The molecule has 82 valence electrons. The minimum atomic E-state index is -1.33. The normalized spacial score (nSPS) is 10.2. The number of aromatic carboxylic acids is 1. The maximum atomic E-state index is 10.7. The van der Waals surface area contributed by atoms with Gasteiger partial charge in [0.15, 0.2) is 0 Å². The van der Waals surface area contributed by atoms with E-state index in [0.29, 0.717) is 12.0 Å². The van der Waals surface area contributed by atoms with E-state index >= 15 is 0 Å². The van der Waals surface area contributed by atoms with Crippen molar-refractivity contribution in [1.29, 1.82) is 0 Å². The van der Waals surface area contributed by atoms with Gasteiger partial charge >= 0.3 is 5.97 Å². The zero-order chi connectivity index (χ0) is 11.4. The Morgan fingerprint density at radius 1 is 1.47 bits per heavy atom. The molecule has 8 heteroatoms. The van der Waals surface area contributed by atoms with E-state index in [1.807, 2.05) is 0 Å². The number of rotatable bonds is 4. The summed E-state index contributed by atoms with van der Waals surface area (Å²) >= 11 is 0.427. The second kappa shape index (κ2) is 4.84. The molecule has 0 atom stereocenters. The molecule has 0 radical (unpaired) electrons. The van der Waals surface area contributed by atoms with E-state index < -0.39 is 11.7 Å². The highest BCUT2D eigenvalue weighted by Crippen LogP contribution is 2.34. The molecule has 0 fully saturated rings. The molecule has 1 rings (SSSR count). The minimum absolute atomic E-state index is 0.0152. The fraction of sp³-hybridized carbons (Fsp3) is 0. The van der Waals surface area contributed by atoms with Gasteiger partial charge in [-0.1, -0.05) is 5.04 Å². The van der Waals surface area contributed by atoms with Crippen LogP contribution in [0.15, 0.2) is 17.0 Å². The van der Waals surface area contributed by atoms with Gasteiger partial charge in [-0.25, -0.2) is 10.1 Å². The van der Waals surface area contributed by atoms with Crippen LogP contribution in [0.1, 0.15) is 10.4 Å². The summed E-state index contributed by atoms with van der Waals surface area (Å²) in [5, 5.41) is 29.3. The molecule has 1 aromatic rings. The van der Waals surface area contributed by atoms with Crippen molar-refractivity contribution in [3.63, 3.8) is 0 Å². The van der Waals surface area contributed by atoms with E-state index in [0.717, 1.165) is 6.07 Å². The third-order valence-electron chi connectivity index (χ3n) is 1.48. The summed E-state index contributed by atoms with van der Waals surface area (Å²) in [6.45, 7) is 0. The molecule has 0 aliphatic rings. The van der Waals surface area contributed by atoms with Gasteiger partial charge in [0.1, 0.15) is 11.3 Å². The standard InChI is InChI=1S/C7H7NO6S/c8-3-1-4(7(10)11)6(9)5(2-3)15-14-13-12/h1-2,9,12H,8H2,(H,10,11). The smallest absolute Gasteiger partial charge is 0.339 e. The molecule has 0 spiro atoms. The lowest BCUT2D eigenvalue weighted by Crippen LogP contribution is -2.00. The lowest BCUT2D eigenvalue weighted by atomic mass is 10.2. The zero-order valence-corrected chi connectivity index (χ0v) is 8.02. The molecule has 0 amide bonds. The maximum absolute atomic E-state index is 10.7. The molecular formula is C7H7NO6S. The zero-order valence-electron chi connectivity index (χ0n) is 7.21. The average molecular weight is 233 g/mol. The minimum Gasteiger partial charge on any atom is -0.506 e. The van der Waals surface area contributed by atoms with Crippen LogP contribution in [0.25, 0.3) is 0 Å². The van der Waals surface area contributed by atoms with Crippen molar-refractivity contribution >= 4 is 23.7 Å². The number of aromatic hydroxyl groups is 1. The first kappa shape index (κ1) is 11.6. The van der Waals surface area contributed by atoms with Gasteiger partial charge in [-0.2, -0.15) is 0 Å². The number of nitrogens with two attached hydrogens (primary N) is 1. The van der Waals surface area contributed by atoms with E-state index in [1.165, 1.54) is 6.07 Å². The van der Waals surface area contributed by atoms with Crippen molar-refractivity contribution in [1.82, 2.24) is 0 Å². The molecular weight excluding hydrogens is 226 g/mol. The molecule has 5 N–H and O–H groups in total. The van der Waals surface area contributed by atoms with E-state index in [2.05, 4.69) is 9.37 Å². The van der Waals surface area contributed by atoms with Gasteiger partial charge in [-0.3, -0.25) is 0 Å². The number of nitrogen functional groups attached to an aromatic ring is 1. The third-order valence-corrected chi connectivity index (χ3v) is 2.10. The number of carbonyl (C=O) groups is 1. The van der Waals surface area contributed by atoms with Gasteiger partial charge in [-0.05, 0) is 12.1 Å². The molecule has 0 unspecified atom stereocenters. The van der Waals surface area contributed by atoms with Crippen molar-refractivity contribution in [2.24, 2.45) is 0 Å². The van der Waals surface area contributed by atoms with Crippen molar-refractivity contribution in [3.05, 3.63) is 17.7 Å². The van der Waals surface area contributed by atoms with Gasteiger partial charge in [-0.15, -0.1) is 4.33 Å². The Morgan fingerprint density at radius 3 is 2.67 bits per heavy atom. The first-order valence-electron chi connectivity index (χ1n) is 3.56. The maximum Gasteiger partial charge on any atom is 0.339 e. The van der Waals surface area contributed by atoms with Crippen LogP contribution in [0, 0.1) is 0 Å².